The highest BCUT2D eigenvalue weighted by Gasteiger charge is 2.37. The van der Waals surface area contributed by atoms with Crippen molar-refractivity contribution in [2.24, 2.45) is 11.5 Å². The molecule has 2 aromatic carbocycles. The Hall–Kier alpha value is -10.2. The number of hydrogen-bond acceptors (Lipinski definition) is 21. The highest BCUT2D eigenvalue weighted by Crippen LogP contribution is 2.11. The lowest BCUT2D eigenvalue weighted by molar-refractivity contribution is -0.142. The molecule has 0 aliphatic heterocycles. The van der Waals surface area contributed by atoms with Gasteiger partial charge in [0.05, 0.1) is 44.2 Å². The number of nitrogens with one attached hydrogen (secondary N) is 12. The summed E-state index contributed by atoms with van der Waals surface area (Å²) < 4.78 is 0. The fourth-order valence-corrected chi connectivity index (χ4v) is 8.67. The van der Waals surface area contributed by atoms with Gasteiger partial charge in [-0.25, -0.2) is 4.79 Å². The summed E-state index contributed by atoms with van der Waals surface area (Å²) in [6.45, 7) is 3.86. The zero-order valence-electron chi connectivity index (χ0n) is 53.2. The molecule has 0 spiro atoms. The lowest BCUT2D eigenvalue weighted by Gasteiger charge is -2.28. The van der Waals surface area contributed by atoms with Crippen LogP contribution in [0, 0.1) is 0 Å². The molecular formula is C59H86N14O23. The van der Waals surface area contributed by atoms with Crippen LogP contribution in [0.3, 0.4) is 0 Å². The Labute approximate surface area is 549 Å². The van der Waals surface area contributed by atoms with Gasteiger partial charge in [0.15, 0.2) is 0 Å². The maximum atomic E-state index is 14.4. The zero-order valence-corrected chi connectivity index (χ0v) is 53.2. The Bertz CT molecular complexity index is 3050. The molecular weight excluding hydrogens is 1270 g/mol. The van der Waals surface area contributed by atoms with Crippen LogP contribution in [0.5, 0.6) is 0 Å². The standard InChI is InChI=1S/C59H86N14O23/c1-28(64-52(88)36(19-20-43(78)79)67-51(87)35(61)24-44(80)81)48(84)63-29(2)49(85)68-38(22-33-14-8-6-9-15-33)53(89)69-39(23-34-16-10-7-11-17-34)54(90)70-40(25-45(82)83)55(91)73-47(32(5)76)58(94)65-30(3)50(86)71-41(27-74)56(92)72-46(31(4)75)57(93)62-26-42(77)66-37(59(95)96)18-12-13-21-60/h6-11,14-17,28-32,35-41,46-47,74-76H,12-13,18-27,60-61H2,1-5H3,(H,62,93)(H,63,84)(H,64,88)(H,65,94)(H,66,77)(H,67,87)(H,68,85)(H,69,89)(H,70,90)(H,71,86)(H,72,92)(H,73,91)(H,78,79)(H,80,81)(H,82,83)(H,95,96)/t28-,29-,30-,31+,32+,35-,36-,37-,38-,39-,40-,41-,46-,47-/m0/s1. The molecule has 0 bridgehead atoms. The minimum Gasteiger partial charge on any atom is -0.481 e. The van der Waals surface area contributed by atoms with Gasteiger partial charge in [0.2, 0.25) is 70.9 Å². The average Bonchev–Trinajstić information content (AvgIpc) is 1.09. The van der Waals surface area contributed by atoms with Gasteiger partial charge in [-0.2, -0.15) is 0 Å². The van der Waals surface area contributed by atoms with Crippen molar-refractivity contribution in [3.63, 3.8) is 0 Å². The summed E-state index contributed by atoms with van der Waals surface area (Å²) in [7, 11) is 0. The molecule has 0 saturated heterocycles. The van der Waals surface area contributed by atoms with Crippen LogP contribution in [-0.2, 0) is 89.6 Å². The van der Waals surface area contributed by atoms with Gasteiger partial charge in [-0.3, -0.25) is 71.9 Å². The van der Waals surface area contributed by atoms with Crippen molar-refractivity contribution in [1.29, 1.82) is 0 Å². The van der Waals surface area contributed by atoms with Gasteiger partial charge in [-0.05, 0) is 78.0 Å². The Morgan fingerprint density at radius 1 is 0.406 bits per heavy atom. The summed E-state index contributed by atoms with van der Waals surface area (Å²) in [6, 6.07) is -4.30. The van der Waals surface area contributed by atoms with Crippen molar-refractivity contribution in [3.05, 3.63) is 71.8 Å². The van der Waals surface area contributed by atoms with Crippen LogP contribution in [0.25, 0.3) is 0 Å². The van der Waals surface area contributed by atoms with Gasteiger partial charge in [-0.15, -0.1) is 0 Å². The summed E-state index contributed by atoms with van der Waals surface area (Å²) in [5, 5.41) is 95.5. The van der Waals surface area contributed by atoms with Gasteiger partial charge in [-0.1, -0.05) is 60.7 Å². The van der Waals surface area contributed by atoms with Crippen molar-refractivity contribution in [2.45, 2.75) is 177 Å². The van der Waals surface area contributed by atoms with Crippen LogP contribution in [0.2, 0.25) is 0 Å². The van der Waals surface area contributed by atoms with Gasteiger partial charge in [0, 0.05) is 19.3 Å². The lowest BCUT2D eigenvalue weighted by atomic mass is 10.0. The number of aliphatic carboxylic acids is 4. The van der Waals surface area contributed by atoms with Gasteiger partial charge >= 0.3 is 23.9 Å². The van der Waals surface area contributed by atoms with Crippen molar-refractivity contribution in [3.8, 4) is 0 Å². The van der Waals surface area contributed by atoms with E-state index in [0.29, 0.717) is 24.0 Å². The van der Waals surface area contributed by atoms with Gasteiger partial charge in [0.25, 0.3) is 0 Å². The molecule has 2 rings (SSSR count). The molecule has 0 heterocycles. The molecule has 0 aliphatic rings. The molecule has 23 N–H and O–H groups in total. The molecule has 14 atom stereocenters. The molecule has 37 heteroatoms. The van der Waals surface area contributed by atoms with Crippen LogP contribution >= 0.6 is 0 Å². The predicted molar refractivity (Wildman–Crippen MR) is 332 cm³/mol. The number of carboxylic acid groups (broad SMARTS) is 4. The minimum absolute atomic E-state index is 0.0299. The summed E-state index contributed by atoms with van der Waals surface area (Å²) in [5.74, 6) is -19.5. The van der Waals surface area contributed by atoms with Crippen LogP contribution in [0.1, 0.15) is 90.7 Å². The highest BCUT2D eigenvalue weighted by atomic mass is 16.4. The van der Waals surface area contributed by atoms with E-state index >= 15 is 0 Å². The highest BCUT2D eigenvalue weighted by molar-refractivity contribution is 6.00. The quantitative estimate of drug-likeness (QED) is 0.0274. The van der Waals surface area contributed by atoms with Crippen LogP contribution in [0.4, 0.5) is 0 Å². The molecule has 0 radical (unpaired) electrons. The van der Waals surface area contributed by atoms with Crippen molar-refractivity contribution >= 4 is 94.8 Å². The number of aliphatic hydroxyl groups is 3. The van der Waals surface area contributed by atoms with Crippen LogP contribution in [0.15, 0.2) is 60.7 Å². The number of aliphatic hydroxyl groups excluding tert-OH is 3. The van der Waals surface area contributed by atoms with Crippen molar-refractivity contribution in [1.82, 2.24) is 63.8 Å². The van der Waals surface area contributed by atoms with E-state index < -0.39 is 218 Å². The number of amides is 12. The molecule has 12 amide bonds. The summed E-state index contributed by atoms with van der Waals surface area (Å²) in [5.41, 5.74) is 11.9. The number of benzene rings is 2. The van der Waals surface area contributed by atoms with Gasteiger partial charge in [0.1, 0.15) is 66.5 Å². The number of carbonyl (C=O) groups excluding carboxylic acids is 12. The maximum Gasteiger partial charge on any atom is 0.326 e. The second kappa shape index (κ2) is 41.5. The molecule has 2 aromatic rings. The van der Waals surface area contributed by atoms with E-state index in [-0.39, 0.29) is 25.8 Å². The molecule has 0 aromatic heterocycles. The molecule has 530 valence electrons. The van der Waals surface area contributed by atoms with Crippen LogP contribution in [-0.4, -0.2) is 235 Å². The third-order valence-electron chi connectivity index (χ3n) is 14.1. The van der Waals surface area contributed by atoms with E-state index in [0.717, 1.165) is 20.8 Å². The first kappa shape index (κ1) is 81.9. The number of hydrogen-bond donors (Lipinski definition) is 21. The van der Waals surface area contributed by atoms with Crippen molar-refractivity contribution < 1.29 is 112 Å². The normalized spacial score (nSPS) is 15.3. The van der Waals surface area contributed by atoms with Crippen molar-refractivity contribution in [2.75, 3.05) is 19.7 Å². The number of carboxylic acids is 4. The van der Waals surface area contributed by atoms with E-state index in [1.54, 1.807) is 60.7 Å². The lowest BCUT2D eigenvalue weighted by Crippen LogP contribution is -2.62. The Morgan fingerprint density at radius 2 is 0.802 bits per heavy atom. The smallest absolute Gasteiger partial charge is 0.326 e. The topological polar surface area (TPSA) is 611 Å². The monoisotopic (exact) mass is 1360 g/mol. The van der Waals surface area contributed by atoms with Gasteiger partial charge < -0.3 is 111 Å². The molecule has 0 aliphatic carbocycles. The third kappa shape index (κ3) is 29.8. The fraction of sp³-hybridized carbons (Fsp3) is 0.525. The Kier molecular flexibility index (Phi) is 35.4. The van der Waals surface area contributed by atoms with E-state index in [4.69, 9.17) is 16.6 Å². The molecule has 0 saturated carbocycles. The van der Waals surface area contributed by atoms with Crippen LogP contribution < -0.4 is 75.3 Å². The molecule has 0 fully saturated rings. The summed E-state index contributed by atoms with van der Waals surface area (Å²) in [4.78, 5) is 208. The zero-order chi connectivity index (χ0) is 72.5. The largest absolute Gasteiger partial charge is 0.481 e. The van der Waals surface area contributed by atoms with E-state index in [1.165, 1.54) is 13.8 Å². The summed E-state index contributed by atoms with van der Waals surface area (Å²) in [6.07, 6.45) is -6.40. The van der Waals surface area contributed by atoms with E-state index in [2.05, 4.69) is 63.8 Å². The number of rotatable bonds is 43. The first-order valence-electron chi connectivity index (χ1n) is 30.1. The van der Waals surface area contributed by atoms with E-state index in [9.17, 15) is 107 Å². The Morgan fingerprint density at radius 3 is 1.25 bits per heavy atom. The number of carbonyl (C=O) groups is 16. The predicted octanol–water partition coefficient (Wildman–Crippen LogP) is -7.91. The molecule has 0 unspecified atom stereocenters. The number of nitrogens with two attached hydrogens (primary N) is 2. The summed E-state index contributed by atoms with van der Waals surface area (Å²) >= 11 is 0. The Balaban J connectivity index is 2.31. The average molecular weight is 1360 g/mol. The fourth-order valence-electron chi connectivity index (χ4n) is 8.67. The maximum absolute atomic E-state index is 14.4. The molecule has 37 nitrogen and oxygen atoms in total. The van der Waals surface area contributed by atoms with E-state index in [1.807, 2.05) is 0 Å². The second-order valence-electron chi connectivity index (χ2n) is 22.2. The SMILES string of the molecule is C[C@H](NC(=O)[C@H](C)NC(=O)[C@H](CCC(=O)O)NC(=O)[C@@H](N)CC(=O)O)C(=O)N[C@@H](Cc1ccccc1)C(=O)N[C@@H](Cc1ccccc1)C(=O)N[C@@H](CC(=O)O)C(=O)N[C@H](C(=O)N[C@@H](C)C(=O)N[C@@H](CO)C(=O)N[C@H](C(=O)NCC(=O)N[C@@H](CCCCN)C(=O)O)[C@@H](C)O)[C@@H](C)O. The third-order valence-corrected chi connectivity index (χ3v) is 14.1. The first-order valence-corrected chi connectivity index (χ1v) is 30.1. The first-order chi connectivity index (χ1) is 45.1. The number of unbranched alkanes of at least 4 members (excludes halogenated alkanes) is 1. The minimum atomic E-state index is -2.08. The second-order valence-corrected chi connectivity index (χ2v) is 22.2. The molecule has 96 heavy (non-hydrogen) atoms.